The molecule has 0 heterocycles. The van der Waals surface area contributed by atoms with Crippen molar-refractivity contribution in [2.45, 2.75) is 32.7 Å². The van der Waals surface area contributed by atoms with Crippen LogP contribution in [0.1, 0.15) is 27.2 Å². The van der Waals surface area contributed by atoms with Gasteiger partial charge < -0.3 is 15.4 Å². The highest BCUT2D eigenvalue weighted by atomic mass is 16.5. The van der Waals surface area contributed by atoms with Crippen molar-refractivity contribution in [1.82, 2.24) is 10.6 Å². The van der Waals surface area contributed by atoms with E-state index in [1.165, 1.54) is 6.42 Å². The summed E-state index contributed by atoms with van der Waals surface area (Å²) in [5, 5.41) is 6.75. The van der Waals surface area contributed by atoms with Gasteiger partial charge in [0.2, 0.25) is 0 Å². The van der Waals surface area contributed by atoms with Crippen LogP contribution in [0.5, 0.6) is 0 Å². The van der Waals surface area contributed by atoms with Crippen LogP contribution in [0.4, 0.5) is 0 Å². The third-order valence-corrected chi connectivity index (χ3v) is 1.67. The Morgan fingerprint density at radius 1 is 1.08 bits per heavy atom. The average Bonchev–Trinajstić information content (AvgIpc) is 2.01. The first-order chi connectivity index (χ1) is 6.06. The van der Waals surface area contributed by atoms with Crippen molar-refractivity contribution in [3.8, 4) is 0 Å². The van der Waals surface area contributed by atoms with Crippen LogP contribution in [-0.2, 0) is 4.74 Å². The molecule has 0 unspecified atom stereocenters. The molecule has 0 aromatic heterocycles. The molecular formula is C10H24N2O. The van der Waals surface area contributed by atoms with E-state index in [9.17, 15) is 0 Å². The quantitative estimate of drug-likeness (QED) is 0.585. The molecule has 3 heteroatoms. The Balaban J connectivity index is 3.00. The van der Waals surface area contributed by atoms with Gasteiger partial charge in [-0.1, -0.05) is 0 Å². The van der Waals surface area contributed by atoms with Crippen molar-refractivity contribution >= 4 is 0 Å². The van der Waals surface area contributed by atoms with E-state index in [-0.39, 0.29) is 5.54 Å². The van der Waals surface area contributed by atoms with Gasteiger partial charge in [0.25, 0.3) is 0 Å². The smallest absolute Gasteiger partial charge is 0.0587 e. The van der Waals surface area contributed by atoms with E-state index >= 15 is 0 Å². The van der Waals surface area contributed by atoms with Crippen LogP contribution in [0.2, 0.25) is 0 Å². The van der Waals surface area contributed by atoms with Crippen molar-refractivity contribution in [3.63, 3.8) is 0 Å². The number of nitrogens with one attached hydrogen (secondary N) is 2. The molecule has 0 bridgehead atoms. The molecule has 0 spiro atoms. The van der Waals surface area contributed by atoms with Crippen molar-refractivity contribution in [1.29, 1.82) is 0 Å². The van der Waals surface area contributed by atoms with Gasteiger partial charge in [-0.3, -0.25) is 0 Å². The Kier molecular flexibility index (Phi) is 7.23. The zero-order valence-electron chi connectivity index (χ0n) is 9.44. The lowest BCUT2D eigenvalue weighted by Gasteiger charge is -2.20. The number of ether oxygens (including phenoxy) is 1. The second-order valence-corrected chi connectivity index (χ2v) is 4.27. The molecule has 0 amide bonds. The van der Waals surface area contributed by atoms with E-state index in [0.29, 0.717) is 0 Å². The minimum absolute atomic E-state index is 0.243. The molecule has 0 fully saturated rings. The summed E-state index contributed by atoms with van der Waals surface area (Å²) < 4.78 is 4.92. The van der Waals surface area contributed by atoms with Gasteiger partial charge in [-0.15, -0.1) is 0 Å². The summed E-state index contributed by atoms with van der Waals surface area (Å²) in [6, 6.07) is 0. The highest BCUT2D eigenvalue weighted by molar-refractivity contribution is 4.69. The SMILES string of the molecule is COCCNCCCNC(C)(C)C. The first-order valence-corrected chi connectivity index (χ1v) is 5.01. The molecule has 0 radical (unpaired) electrons. The minimum atomic E-state index is 0.243. The summed E-state index contributed by atoms with van der Waals surface area (Å²) in [5.41, 5.74) is 0.243. The summed E-state index contributed by atoms with van der Waals surface area (Å²) in [4.78, 5) is 0. The maximum absolute atomic E-state index is 4.92. The molecule has 0 saturated heterocycles. The lowest BCUT2D eigenvalue weighted by atomic mass is 10.1. The third-order valence-electron chi connectivity index (χ3n) is 1.67. The Morgan fingerprint density at radius 3 is 2.31 bits per heavy atom. The molecule has 80 valence electrons. The summed E-state index contributed by atoms with van der Waals surface area (Å²) in [6.45, 7) is 10.4. The summed E-state index contributed by atoms with van der Waals surface area (Å²) >= 11 is 0. The topological polar surface area (TPSA) is 33.3 Å². The molecule has 0 aliphatic heterocycles. The second-order valence-electron chi connectivity index (χ2n) is 4.27. The van der Waals surface area contributed by atoms with E-state index < -0.39 is 0 Å². The molecule has 0 rings (SSSR count). The van der Waals surface area contributed by atoms with E-state index in [1.54, 1.807) is 7.11 Å². The highest BCUT2D eigenvalue weighted by Gasteiger charge is 2.06. The fourth-order valence-corrected chi connectivity index (χ4v) is 0.976. The Morgan fingerprint density at radius 2 is 1.77 bits per heavy atom. The Hall–Kier alpha value is -0.120. The summed E-state index contributed by atoms with van der Waals surface area (Å²) in [6.07, 6.45) is 1.17. The lowest BCUT2D eigenvalue weighted by molar-refractivity contribution is 0.199. The van der Waals surface area contributed by atoms with Crippen LogP contribution in [0.15, 0.2) is 0 Å². The van der Waals surface area contributed by atoms with Gasteiger partial charge in [-0.05, 0) is 40.3 Å². The molecular weight excluding hydrogens is 164 g/mol. The first kappa shape index (κ1) is 12.9. The molecule has 0 aromatic rings. The van der Waals surface area contributed by atoms with Crippen LogP contribution in [0, 0.1) is 0 Å². The van der Waals surface area contributed by atoms with Gasteiger partial charge in [0.05, 0.1) is 6.61 Å². The van der Waals surface area contributed by atoms with Crippen molar-refractivity contribution < 1.29 is 4.74 Å². The Bertz CT molecular complexity index is 110. The van der Waals surface area contributed by atoms with Gasteiger partial charge in [-0.25, -0.2) is 0 Å². The lowest BCUT2D eigenvalue weighted by Crippen LogP contribution is -2.37. The molecule has 13 heavy (non-hydrogen) atoms. The van der Waals surface area contributed by atoms with Gasteiger partial charge in [0.1, 0.15) is 0 Å². The second kappa shape index (κ2) is 7.30. The van der Waals surface area contributed by atoms with E-state index in [2.05, 4.69) is 31.4 Å². The van der Waals surface area contributed by atoms with E-state index in [1.807, 2.05) is 0 Å². The predicted octanol–water partition coefficient (Wildman–Crippen LogP) is 1.00. The Labute approximate surface area is 82.2 Å². The van der Waals surface area contributed by atoms with Gasteiger partial charge in [0, 0.05) is 19.2 Å². The molecule has 0 aliphatic rings. The maximum Gasteiger partial charge on any atom is 0.0587 e. The molecule has 0 aromatic carbocycles. The monoisotopic (exact) mass is 188 g/mol. The summed E-state index contributed by atoms with van der Waals surface area (Å²) in [5.74, 6) is 0. The van der Waals surface area contributed by atoms with Gasteiger partial charge in [-0.2, -0.15) is 0 Å². The van der Waals surface area contributed by atoms with E-state index in [4.69, 9.17) is 4.74 Å². The predicted molar refractivity (Wildman–Crippen MR) is 57.1 cm³/mol. The number of hydrogen-bond acceptors (Lipinski definition) is 3. The van der Waals surface area contributed by atoms with Crippen LogP contribution in [0.3, 0.4) is 0 Å². The normalized spacial score (nSPS) is 12.0. The molecule has 0 saturated carbocycles. The molecule has 0 aliphatic carbocycles. The standard InChI is InChI=1S/C10H24N2O/c1-10(2,3)12-7-5-6-11-8-9-13-4/h11-12H,5-9H2,1-4H3. The fourth-order valence-electron chi connectivity index (χ4n) is 0.976. The van der Waals surface area contributed by atoms with Crippen molar-refractivity contribution in [3.05, 3.63) is 0 Å². The zero-order chi connectivity index (χ0) is 10.2. The highest BCUT2D eigenvalue weighted by Crippen LogP contribution is 1.97. The summed E-state index contributed by atoms with van der Waals surface area (Å²) in [7, 11) is 1.73. The van der Waals surface area contributed by atoms with Gasteiger partial charge >= 0.3 is 0 Å². The van der Waals surface area contributed by atoms with Crippen molar-refractivity contribution in [2.24, 2.45) is 0 Å². The average molecular weight is 188 g/mol. The first-order valence-electron chi connectivity index (χ1n) is 5.01. The number of rotatable bonds is 7. The third kappa shape index (κ3) is 11.9. The molecule has 2 N–H and O–H groups in total. The fraction of sp³-hybridized carbons (Fsp3) is 1.00. The maximum atomic E-state index is 4.92. The van der Waals surface area contributed by atoms with Crippen LogP contribution in [-0.4, -0.2) is 38.9 Å². The molecule has 3 nitrogen and oxygen atoms in total. The van der Waals surface area contributed by atoms with Gasteiger partial charge in [0.15, 0.2) is 0 Å². The zero-order valence-corrected chi connectivity index (χ0v) is 9.44. The largest absolute Gasteiger partial charge is 0.383 e. The number of methoxy groups -OCH3 is 1. The number of hydrogen-bond donors (Lipinski definition) is 2. The molecule has 0 atom stereocenters. The van der Waals surface area contributed by atoms with E-state index in [0.717, 1.165) is 26.2 Å². The van der Waals surface area contributed by atoms with Crippen LogP contribution in [0.25, 0.3) is 0 Å². The minimum Gasteiger partial charge on any atom is -0.383 e. The van der Waals surface area contributed by atoms with Crippen LogP contribution >= 0.6 is 0 Å². The van der Waals surface area contributed by atoms with Crippen LogP contribution < -0.4 is 10.6 Å². The van der Waals surface area contributed by atoms with Crippen molar-refractivity contribution in [2.75, 3.05) is 33.4 Å².